The van der Waals surface area contributed by atoms with E-state index >= 15 is 0 Å². The number of hydrogen-bond acceptors (Lipinski definition) is 6. The number of benzene rings is 2. The third-order valence-electron chi connectivity index (χ3n) is 8.14. The molecule has 0 radical (unpaired) electrons. The highest BCUT2D eigenvalue weighted by Crippen LogP contribution is 2.67. The van der Waals surface area contributed by atoms with Crippen LogP contribution >= 0.6 is 0 Å². The highest BCUT2D eigenvalue weighted by atomic mass is 32.2. The zero-order valence-electron chi connectivity index (χ0n) is 23.3. The molecular formula is C30H26F3N3O6S. The fraction of sp³-hybridized carbons (Fsp3) is 0.300. The third kappa shape index (κ3) is 4.28. The summed E-state index contributed by atoms with van der Waals surface area (Å²) >= 11 is 0. The Morgan fingerprint density at radius 2 is 1.77 bits per heavy atom. The molecule has 1 spiro atoms. The van der Waals surface area contributed by atoms with Crippen molar-refractivity contribution >= 4 is 38.5 Å². The number of pyridine rings is 1. The maximum atomic E-state index is 14.0. The van der Waals surface area contributed by atoms with Gasteiger partial charge in [-0.2, -0.15) is 13.2 Å². The molecule has 2 atom stereocenters. The number of carbonyl (C=O) groups is 2. The number of ether oxygens (including phenoxy) is 1. The lowest BCUT2D eigenvalue weighted by Crippen LogP contribution is -2.39. The van der Waals surface area contributed by atoms with Crippen LogP contribution in [0.4, 0.5) is 18.9 Å². The average Bonchev–Trinajstić information content (AvgIpc) is 3.49. The summed E-state index contributed by atoms with van der Waals surface area (Å²) in [5.74, 6) is -2.40. The molecule has 1 amide bonds. The fourth-order valence-electron chi connectivity index (χ4n) is 6.17. The van der Waals surface area contributed by atoms with E-state index in [1.807, 2.05) is 0 Å². The van der Waals surface area contributed by atoms with Crippen LogP contribution in [-0.4, -0.2) is 48.2 Å². The first-order valence-electron chi connectivity index (χ1n) is 13.4. The largest absolute Gasteiger partial charge is 0.461 e. The standard InChI is InChI=1S/C30H26F3N3O6S/c1-4-42-27(38)24-13-19-20(15-34(3)26(37)25(19)36(24)43(40,41)18-11-9-17(2)10-12-18)22-14-29(22)21-7-5-6-8-23(21)35(28(29)39)16-30(31,32)33/h5-13,15,22H,4,14,16H2,1-3H3/t22?,29-/m0/s1. The topological polar surface area (TPSA) is 108 Å². The number of amides is 1. The Hall–Kier alpha value is -4.39. The maximum Gasteiger partial charge on any atom is 0.406 e. The monoisotopic (exact) mass is 613 g/mol. The van der Waals surface area contributed by atoms with Gasteiger partial charge in [-0.05, 0) is 55.7 Å². The number of nitrogens with zero attached hydrogens (tertiary/aromatic N) is 3. The summed E-state index contributed by atoms with van der Waals surface area (Å²) in [7, 11) is -3.10. The number of anilines is 1. The molecule has 2 aromatic heterocycles. The van der Waals surface area contributed by atoms with E-state index in [0.717, 1.165) is 15.0 Å². The van der Waals surface area contributed by atoms with E-state index in [-0.39, 0.29) is 34.5 Å². The molecule has 0 bridgehead atoms. The van der Waals surface area contributed by atoms with E-state index in [2.05, 4.69) is 0 Å². The number of hydrogen-bond donors (Lipinski definition) is 0. The second-order valence-electron chi connectivity index (χ2n) is 10.8. The van der Waals surface area contributed by atoms with E-state index < -0.39 is 57.2 Å². The third-order valence-corrected chi connectivity index (χ3v) is 9.87. The quantitative estimate of drug-likeness (QED) is 0.299. The van der Waals surface area contributed by atoms with Crippen molar-refractivity contribution in [3.8, 4) is 0 Å². The second kappa shape index (κ2) is 9.56. The fourth-order valence-corrected chi connectivity index (χ4v) is 7.66. The summed E-state index contributed by atoms with van der Waals surface area (Å²) in [6, 6.07) is 13.4. The minimum atomic E-state index is -4.64. The molecule has 1 fully saturated rings. The van der Waals surface area contributed by atoms with Gasteiger partial charge in [-0.3, -0.25) is 9.59 Å². The molecule has 1 unspecified atom stereocenters. The van der Waals surface area contributed by atoms with E-state index in [1.54, 1.807) is 44.2 Å². The number of halogens is 3. The molecule has 13 heteroatoms. The van der Waals surface area contributed by atoms with Crippen molar-refractivity contribution in [2.75, 3.05) is 18.1 Å². The van der Waals surface area contributed by atoms with Crippen LogP contribution in [0.1, 0.15) is 46.4 Å². The number of fused-ring (bicyclic) bond motifs is 3. The summed E-state index contributed by atoms with van der Waals surface area (Å²) in [4.78, 5) is 41.0. The van der Waals surface area contributed by atoms with Gasteiger partial charge in [0.2, 0.25) is 5.91 Å². The van der Waals surface area contributed by atoms with Crippen LogP contribution in [0.25, 0.3) is 10.9 Å². The molecule has 1 aliphatic carbocycles. The molecule has 0 N–H and O–H groups in total. The molecule has 9 nitrogen and oxygen atoms in total. The molecule has 3 heterocycles. The van der Waals surface area contributed by atoms with Crippen LogP contribution in [0.5, 0.6) is 0 Å². The molecule has 6 rings (SSSR count). The summed E-state index contributed by atoms with van der Waals surface area (Å²) in [5, 5.41) is 0.100. The van der Waals surface area contributed by atoms with Gasteiger partial charge in [-0.25, -0.2) is 17.2 Å². The van der Waals surface area contributed by atoms with E-state index in [1.165, 1.54) is 37.5 Å². The number of alkyl halides is 3. The molecule has 2 aromatic carbocycles. The van der Waals surface area contributed by atoms with Gasteiger partial charge in [0.15, 0.2) is 0 Å². The molecule has 43 heavy (non-hydrogen) atoms. The average molecular weight is 614 g/mol. The highest BCUT2D eigenvalue weighted by molar-refractivity contribution is 7.90. The molecule has 1 aliphatic heterocycles. The summed E-state index contributed by atoms with van der Waals surface area (Å²) in [6.45, 7) is 1.80. The number of para-hydroxylation sites is 1. The molecular weight excluding hydrogens is 587 g/mol. The van der Waals surface area contributed by atoms with Gasteiger partial charge in [-0.15, -0.1) is 0 Å². The maximum absolute atomic E-state index is 14.0. The molecule has 2 aliphatic rings. The summed E-state index contributed by atoms with van der Waals surface area (Å²) < 4.78 is 75.4. The van der Waals surface area contributed by atoms with Gasteiger partial charge in [-0.1, -0.05) is 35.9 Å². The number of esters is 1. The van der Waals surface area contributed by atoms with Crippen LogP contribution in [-0.2, 0) is 32.0 Å². The second-order valence-corrected chi connectivity index (χ2v) is 12.6. The minimum Gasteiger partial charge on any atom is -0.461 e. The number of carbonyl (C=O) groups excluding carboxylic acids is 2. The van der Waals surface area contributed by atoms with E-state index in [9.17, 15) is 36.0 Å². The van der Waals surface area contributed by atoms with Crippen molar-refractivity contribution in [2.24, 2.45) is 7.05 Å². The van der Waals surface area contributed by atoms with Crippen LogP contribution < -0.4 is 10.5 Å². The van der Waals surface area contributed by atoms with E-state index in [0.29, 0.717) is 15.1 Å². The van der Waals surface area contributed by atoms with Crippen LogP contribution in [0.15, 0.2) is 70.5 Å². The Morgan fingerprint density at radius 3 is 2.42 bits per heavy atom. The van der Waals surface area contributed by atoms with Crippen molar-refractivity contribution in [3.05, 3.63) is 93.5 Å². The van der Waals surface area contributed by atoms with Crippen molar-refractivity contribution < 1.29 is 35.9 Å². The van der Waals surface area contributed by atoms with Gasteiger partial charge < -0.3 is 14.2 Å². The van der Waals surface area contributed by atoms with Crippen LogP contribution in [0, 0.1) is 6.92 Å². The Morgan fingerprint density at radius 1 is 1.09 bits per heavy atom. The van der Waals surface area contributed by atoms with Crippen molar-refractivity contribution in [1.82, 2.24) is 8.54 Å². The van der Waals surface area contributed by atoms with Gasteiger partial charge >= 0.3 is 12.1 Å². The predicted octanol–water partition coefficient (Wildman–Crippen LogP) is 4.40. The number of rotatable bonds is 6. The molecule has 1 saturated carbocycles. The van der Waals surface area contributed by atoms with Crippen LogP contribution in [0.3, 0.4) is 0 Å². The van der Waals surface area contributed by atoms with Gasteiger partial charge in [0.05, 0.1) is 16.9 Å². The number of aromatic nitrogens is 2. The smallest absolute Gasteiger partial charge is 0.406 e. The van der Waals surface area contributed by atoms with Crippen molar-refractivity contribution in [2.45, 2.75) is 42.7 Å². The molecule has 0 saturated heterocycles. The normalized spacial score (nSPS) is 19.7. The van der Waals surface area contributed by atoms with E-state index in [4.69, 9.17) is 4.74 Å². The zero-order chi connectivity index (χ0) is 31.1. The van der Waals surface area contributed by atoms with Gasteiger partial charge in [0, 0.05) is 30.2 Å². The first-order valence-corrected chi connectivity index (χ1v) is 14.9. The van der Waals surface area contributed by atoms with Crippen LogP contribution in [0.2, 0.25) is 0 Å². The van der Waals surface area contributed by atoms with Gasteiger partial charge in [0.25, 0.3) is 15.6 Å². The SMILES string of the molecule is CCOC(=O)c1cc2c(C3C[C@@]34C(=O)N(CC(F)(F)F)c3ccccc34)cn(C)c(=O)c2n1S(=O)(=O)c1ccc(C)cc1. The molecule has 224 valence electrons. The Labute approximate surface area is 244 Å². The Kier molecular flexibility index (Phi) is 6.39. The lowest BCUT2D eigenvalue weighted by atomic mass is 9.91. The first-order chi connectivity index (χ1) is 20.2. The molecule has 4 aromatic rings. The van der Waals surface area contributed by atoms with Gasteiger partial charge in [0.1, 0.15) is 17.8 Å². The minimum absolute atomic E-state index is 0.0676. The predicted molar refractivity (Wildman–Crippen MR) is 151 cm³/mol. The lowest BCUT2D eigenvalue weighted by molar-refractivity contribution is -0.133. The first kappa shape index (κ1) is 28.7. The Balaban J connectivity index is 1.59. The summed E-state index contributed by atoms with van der Waals surface area (Å²) in [5.41, 5.74) is -1.07. The Bertz CT molecular complexity index is 2000. The number of aryl methyl sites for hydroxylation is 2. The summed E-state index contributed by atoms with van der Waals surface area (Å²) in [6.07, 6.45) is -3.06. The highest BCUT2D eigenvalue weighted by Gasteiger charge is 2.68. The zero-order valence-corrected chi connectivity index (χ0v) is 24.1. The lowest BCUT2D eigenvalue weighted by Gasteiger charge is -2.20. The van der Waals surface area contributed by atoms with Crippen molar-refractivity contribution in [3.63, 3.8) is 0 Å². The van der Waals surface area contributed by atoms with Crippen molar-refractivity contribution in [1.29, 1.82) is 0 Å².